The van der Waals surface area contributed by atoms with Crippen molar-refractivity contribution in [2.45, 2.75) is 31.3 Å². The van der Waals surface area contributed by atoms with Gasteiger partial charge in [0.05, 0.1) is 12.1 Å². The summed E-state index contributed by atoms with van der Waals surface area (Å²) in [5.74, 6) is 1.59. The van der Waals surface area contributed by atoms with Gasteiger partial charge in [0.15, 0.2) is 5.82 Å². The molecular weight excluding hydrogens is 242 g/mol. The van der Waals surface area contributed by atoms with Gasteiger partial charge < -0.3 is 14.7 Å². The van der Waals surface area contributed by atoms with E-state index >= 15 is 0 Å². The van der Waals surface area contributed by atoms with Crippen molar-refractivity contribution in [3.8, 4) is 0 Å². The SMILES string of the molecule is CN1CCCN(C)C(c2noc([C@H]3CCCN3)n2)C1. The van der Waals surface area contributed by atoms with Crippen molar-refractivity contribution in [2.24, 2.45) is 0 Å². The van der Waals surface area contributed by atoms with Crippen LogP contribution >= 0.6 is 0 Å². The van der Waals surface area contributed by atoms with Gasteiger partial charge in [0.2, 0.25) is 5.89 Å². The molecule has 0 spiro atoms. The van der Waals surface area contributed by atoms with Crippen LogP contribution in [-0.2, 0) is 0 Å². The molecule has 0 saturated carbocycles. The lowest BCUT2D eigenvalue weighted by atomic mass is 10.2. The maximum Gasteiger partial charge on any atom is 0.243 e. The first kappa shape index (κ1) is 13.0. The maximum atomic E-state index is 5.46. The van der Waals surface area contributed by atoms with Crippen LogP contribution in [0.25, 0.3) is 0 Å². The Balaban J connectivity index is 1.76. The molecule has 2 aliphatic rings. The van der Waals surface area contributed by atoms with Crippen molar-refractivity contribution in [1.82, 2.24) is 25.3 Å². The van der Waals surface area contributed by atoms with Crippen LogP contribution in [0.3, 0.4) is 0 Å². The van der Waals surface area contributed by atoms with E-state index in [1.165, 1.54) is 12.8 Å². The quantitative estimate of drug-likeness (QED) is 0.853. The monoisotopic (exact) mass is 265 g/mol. The molecule has 6 heteroatoms. The van der Waals surface area contributed by atoms with Crippen LogP contribution in [0, 0.1) is 0 Å². The minimum atomic E-state index is 0.242. The van der Waals surface area contributed by atoms with Crippen LogP contribution < -0.4 is 5.32 Å². The van der Waals surface area contributed by atoms with Crippen LogP contribution in [0.15, 0.2) is 4.52 Å². The van der Waals surface area contributed by atoms with E-state index in [0.29, 0.717) is 0 Å². The van der Waals surface area contributed by atoms with Gasteiger partial charge in [-0.2, -0.15) is 4.98 Å². The third-order valence-corrected chi connectivity index (χ3v) is 4.18. The van der Waals surface area contributed by atoms with E-state index in [4.69, 9.17) is 4.52 Å². The number of rotatable bonds is 2. The first-order chi connectivity index (χ1) is 9.24. The number of hydrogen-bond acceptors (Lipinski definition) is 6. The summed E-state index contributed by atoms with van der Waals surface area (Å²) >= 11 is 0. The molecule has 1 N–H and O–H groups in total. The van der Waals surface area contributed by atoms with E-state index in [-0.39, 0.29) is 12.1 Å². The van der Waals surface area contributed by atoms with Gasteiger partial charge in [-0.05, 0) is 53.0 Å². The van der Waals surface area contributed by atoms with Gasteiger partial charge in [-0.15, -0.1) is 0 Å². The van der Waals surface area contributed by atoms with Crippen molar-refractivity contribution in [3.05, 3.63) is 11.7 Å². The van der Waals surface area contributed by atoms with Gasteiger partial charge in [0.25, 0.3) is 0 Å². The van der Waals surface area contributed by atoms with Crippen LogP contribution in [0.1, 0.15) is 43.1 Å². The molecular formula is C13H23N5O. The van der Waals surface area contributed by atoms with Crippen molar-refractivity contribution >= 4 is 0 Å². The van der Waals surface area contributed by atoms with E-state index in [0.717, 1.165) is 44.3 Å². The summed E-state index contributed by atoms with van der Waals surface area (Å²) in [6.45, 7) is 4.23. The lowest BCUT2D eigenvalue weighted by molar-refractivity contribution is 0.214. The summed E-state index contributed by atoms with van der Waals surface area (Å²) in [6.07, 6.45) is 3.48. The number of nitrogens with one attached hydrogen (secondary N) is 1. The molecule has 6 nitrogen and oxygen atoms in total. The summed E-state index contributed by atoms with van der Waals surface area (Å²) in [5.41, 5.74) is 0. The normalized spacial score (nSPS) is 30.6. The third-order valence-electron chi connectivity index (χ3n) is 4.18. The minimum Gasteiger partial charge on any atom is -0.338 e. The van der Waals surface area contributed by atoms with Crippen molar-refractivity contribution in [2.75, 3.05) is 40.3 Å². The average molecular weight is 265 g/mol. The van der Waals surface area contributed by atoms with Crippen molar-refractivity contribution in [3.63, 3.8) is 0 Å². The fourth-order valence-corrected chi connectivity index (χ4v) is 2.97. The number of likely N-dealkylation sites (N-methyl/N-ethyl adjacent to an activating group) is 2. The van der Waals surface area contributed by atoms with Crippen LogP contribution in [0.5, 0.6) is 0 Å². The Labute approximate surface area is 114 Å². The van der Waals surface area contributed by atoms with E-state index in [2.05, 4.69) is 39.4 Å². The minimum absolute atomic E-state index is 0.242. The second-order valence-electron chi connectivity index (χ2n) is 5.75. The van der Waals surface area contributed by atoms with Gasteiger partial charge in [-0.3, -0.25) is 4.90 Å². The molecule has 3 rings (SSSR count). The Morgan fingerprint density at radius 1 is 1.26 bits per heavy atom. The maximum absolute atomic E-state index is 5.46. The Morgan fingerprint density at radius 2 is 2.16 bits per heavy atom. The highest BCUT2D eigenvalue weighted by molar-refractivity contribution is 5.01. The second kappa shape index (κ2) is 5.56. The molecule has 2 atom stereocenters. The second-order valence-corrected chi connectivity index (χ2v) is 5.75. The van der Waals surface area contributed by atoms with Gasteiger partial charge in [0.1, 0.15) is 0 Å². The number of hydrogen-bond donors (Lipinski definition) is 1. The average Bonchev–Trinajstić information content (AvgIpc) is 3.03. The zero-order chi connectivity index (χ0) is 13.2. The third kappa shape index (κ3) is 2.80. The summed E-state index contributed by atoms with van der Waals surface area (Å²) in [7, 11) is 4.30. The van der Waals surface area contributed by atoms with E-state index < -0.39 is 0 Å². The Hall–Kier alpha value is -0.980. The van der Waals surface area contributed by atoms with Gasteiger partial charge in [-0.1, -0.05) is 5.16 Å². The first-order valence-electron chi connectivity index (χ1n) is 7.19. The molecule has 0 amide bonds. The van der Waals surface area contributed by atoms with Crippen LogP contribution in [-0.4, -0.2) is 60.2 Å². The predicted molar refractivity (Wildman–Crippen MR) is 71.8 cm³/mol. The highest BCUT2D eigenvalue weighted by Crippen LogP contribution is 2.25. The predicted octanol–water partition coefficient (Wildman–Crippen LogP) is 0.802. The molecule has 3 heterocycles. The highest BCUT2D eigenvalue weighted by atomic mass is 16.5. The Kier molecular flexibility index (Phi) is 3.81. The molecule has 1 aromatic heterocycles. The number of aromatic nitrogens is 2. The van der Waals surface area contributed by atoms with Gasteiger partial charge in [-0.25, -0.2) is 0 Å². The number of nitrogens with zero attached hydrogens (tertiary/aromatic N) is 4. The molecule has 0 aromatic carbocycles. The lowest BCUT2D eigenvalue weighted by Gasteiger charge is -2.24. The summed E-state index contributed by atoms with van der Waals surface area (Å²) in [6, 6.07) is 0.501. The lowest BCUT2D eigenvalue weighted by Crippen LogP contribution is -2.31. The van der Waals surface area contributed by atoms with Gasteiger partial charge >= 0.3 is 0 Å². The van der Waals surface area contributed by atoms with E-state index in [1.807, 2.05) is 0 Å². The van der Waals surface area contributed by atoms with Crippen molar-refractivity contribution < 1.29 is 4.52 Å². The van der Waals surface area contributed by atoms with Crippen molar-refractivity contribution in [1.29, 1.82) is 0 Å². The molecule has 0 radical (unpaired) electrons. The zero-order valence-electron chi connectivity index (χ0n) is 11.8. The van der Waals surface area contributed by atoms with Crippen LogP contribution in [0.4, 0.5) is 0 Å². The van der Waals surface area contributed by atoms with Gasteiger partial charge in [0, 0.05) is 6.54 Å². The molecule has 0 aliphatic carbocycles. The topological polar surface area (TPSA) is 57.4 Å². The fourth-order valence-electron chi connectivity index (χ4n) is 2.97. The summed E-state index contributed by atoms with van der Waals surface area (Å²) < 4.78 is 5.46. The molecule has 2 saturated heterocycles. The summed E-state index contributed by atoms with van der Waals surface area (Å²) in [4.78, 5) is 9.31. The molecule has 1 aromatic rings. The van der Waals surface area contributed by atoms with Crippen LogP contribution in [0.2, 0.25) is 0 Å². The van der Waals surface area contributed by atoms with E-state index in [9.17, 15) is 0 Å². The molecule has 106 valence electrons. The smallest absolute Gasteiger partial charge is 0.243 e. The molecule has 2 aliphatic heterocycles. The molecule has 0 bridgehead atoms. The largest absolute Gasteiger partial charge is 0.338 e. The highest BCUT2D eigenvalue weighted by Gasteiger charge is 2.29. The molecule has 2 fully saturated rings. The molecule has 19 heavy (non-hydrogen) atoms. The van der Waals surface area contributed by atoms with E-state index in [1.54, 1.807) is 0 Å². The Morgan fingerprint density at radius 3 is 2.95 bits per heavy atom. The fraction of sp³-hybridized carbons (Fsp3) is 0.846. The zero-order valence-corrected chi connectivity index (χ0v) is 11.8. The first-order valence-corrected chi connectivity index (χ1v) is 7.19. The standard InChI is InChI=1S/C13H23N5O/c1-17-7-4-8-18(2)11(9-17)12-15-13(19-16-12)10-5-3-6-14-10/h10-11,14H,3-9H2,1-2H3/t10-,11?/m1/s1. The Bertz CT molecular complexity index is 415. The molecule has 1 unspecified atom stereocenters. The summed E-state index contributed by atoms with van der Waals surface area (Å²) in [5, 5.41) is 7.62.